The van der Waals surface area contributed by atoms with E-state index in [9.17, 15) is 18.4 Å². The van der Waals surface area contributed by atoms with Crippen LogP contribution in [0.3, 0.4) is 0 Å². The van der Waals surface area contributed by atoms with Gasteiger partial charge >= 0.3 is 6.09 Å². The second-order valence-electron chi connectivity index (χ2n) is 6.25. The number of ether oxygens (including phenoxy) is 2. The lowest BCUT2D eigenvalue weighted by atomic mass is 10.2. The van der Waals surface area contributed by atoms with E-state index in [2.05, 4.69) is 10.6 Å². The van der Waals surface area contributed by atoms with Crippen molar-refractivity contribution in [2.24, 2.45) is 0 Å². The third kappa shape index (κ3) is 6.43. The van der Waals surface area contributed by atoms with Crippen molar-refractivity contribution in [3.05, 3.63) is 78.1 Å². The van der Waals surface area contributed by atoms with Gasteiger partial charge in [0.25, 0.3) is 5.91 Å². The molecule has 9 heteroatoms. The van der Waals surface area contributed by atoms with E-state index in [4.69, 9.17) is 14.6 Å². The van der Waals surface area contributed by atoms with Crippen molar-refractivity contribution >= 4 is 17.7 Å². The monoisotopic (exact) mass is 428 g/mol. The zero-order valence-corrected chi connectivity index (χ0v) is 16.1. The fourth-order valence-electron chi connectivity index (χ4n) is 2.60. The van der Waals surface area contributed by atoms with Crippen LogP contribution in [0.5, 0.6) is 23.0 Å². The smallest absolute Gasteiger partial charge is 0.409 e. The highest BCUT2D eigenvalue weighted by atomic mass is 19.1. The molecule has 3 N–H and O–H groups in total. The number of nitrogens with one attached hydrogen (secondary N) is 2. The summed E-state index contributed by atoms with van der Waals surface area (Å²) in [7, 11) is 0. The first-order valence-electron chi connectivity index (χ1n) is 9.13. The molecule has 31 heavy (non-hydrogen) atoms. The number of carboxylic acid groups (broad SMARTS) is 1. The SMILES string of the molecule is O=C(O)Nc1cc(Oc2ccc(F)cc2)cc(Oc2ccc(C(=O)NCCF)cc2)c1. The molecule has 0 atom stereocenters. The van der Waals surface area contributed by atoms with Gasteiger partial charge in [0.2, 0.25) is 0 Å². The maximum absolute atomic E-state index is 13.1. The van der Waals surface area contributed by atoms with E-state index in [-0.39, 0.29) is 23.7 Å². The van der Waals surface area contributed by atoms with Crippen molar-refractivity contribution in [2.45, 2.75) is 0 Å². The molecule has 0 unspecified atom stereocenters. The van der Waals surface area contributed by atoms with Gasteiger partial charge in [0.15, 0.2) is 0 Å². The number of rotatable bonds is 8. The Morgan fingerprint density at radius 1 is 0.839 bits per heavy atom. The zero-order valence-electron chi connectivity index (χ0n) is 16.1. The van der Waals surface area contributed by atoms with Gasteiger partial charge in [-0.05, 0) is 48.5 Å². The van der Waals surface area contributed by atoms with E-state index in [1.54, 1.807) is 12.1 Å². The molecule has 3 aromatic carbocycles. The van der Waals surface area contributed by atoms with Crippen LogP contribution in [0.4, 0.5) is 19.3 Å². The van der Waals surface area contributed by atoms with Gasteiger partial charge < -0.3 is 19.9 Å². The molecule has 3 rings (SSSR count). The number of benzene rings is 3. The lowest BCUT2D eigenvalue weighted by Crippen LogP contribution is -2.25. The summed E-state index contributed by atoms with van der Waals surface area (Å²) in [5, 5.41) is 13.6. The van der Waals surface area contributed by atoms with Gasteiger partial charge in [0, 0.05) is 30.3 Å². The van der Waals surface area contributed by atoms with Crippen molar-refractivity contribution in [3.63, 3.8) is 0 Å². The molecule has 0 saturated carbocycles. The zero-order chi connectivity index (χ0) is 22.2. The van der Waals surface area contributed by atoms with E-state index in [0.29, 0.717) is 17.1 Å². The first-order valence-corrected chi connectivity index (χ1v) is 9.13. The molecule has 0 spiro atoms. The number of hydrogen-bond acceptors (Lipinski definition) is 4. The predicted molar refractivity (Wildman–Crippen MR) is 109 cm³/mol. The Balaban J connectivity index is 1.79. The van der Waals surface area contributed by atoms with E-state index in [1.165, 1.54) is 54.6 Å². The molecule has 7 nitrogen and oxygen atoms in total. The number of halogens is 2. The second kappa shape index (κ2) is 10.1. The van der Waals surface area contributed by atoms with E-state index in [0.717, 1.165) is 0 Å². The minimum atomic E-state index is -1.27. The lowest BCUT2D eigenvalue weighted by molar-refractivity contribution is 0.0950. The van der Waals surface area contributed by atoms with Gasteiger partial charge in [-0.3, -0.25) is 10.1 Å². The number of carbonyl (C=O) groups excluding carboxylic acids is 1. The summed E-state index contributed by atoms with van der Waals surface area (Å²) in [6.07, 6.45) is -1.27. The summed E-state index contributed by atoms with van der Waals surface area (Å²) in [4.78, 5) is 22.9. The third-order valence-electron chi connectivity index (χ3n) is 3.91. The van der Waals surface area contributed by atoms with Gasteiger partial charge in [-0.15, -0.1) is 0 Å². The Labute approximate surface area is 176 Å². The van der Waals surface area contributed by atoms with E-state index >= 15 is 0 Å². The Kier molecular flexibility index (Phi) is 7.00. The summed E-state index contributed by atoms with van der Waals surface area (Å²) in [5.41, 5.74) is 0.534. The second-order valence-corrected chi connectivity index (χ2v) is 6.25. The summed E-state index contributed by atoms with van der Waals surface area (Å²) in [6, 6.07) is 15.9. The van der Waals surface area contributed by atoms with Gasteiger partial charge in [0.1, 0.15) is 35.5 Å². The summed E-state index contributed by atoms with van der Waals surface area (Å²) < 4.78 is 36.7. The minimum absolute atomic E-state index is 0.0721. The molecule has 3 aromatic rings. The predicted octanol–water partition coefficient (Wildman–Crippen LogP) is 5.20. The molecule has 0 fully saturated rings. The van der Waals surface area contributed by atoms with E-state index in [1.807, 2.05) is 0 Å². The first-order chi connectivity index (χ1) is 14.9. The van der Waals surface area contributed by atoms with Crippen molar-refractivity contribution in [2.75, 3.05) is 18.5 Å². The van der Waals surface area contributed by atoms with Crippen molar-refractivity contribution in [1.82, 2.24) is 5.32 Å². The maximum atomic E-state index is 13.1. The average molecular weight is 428 g/mol. The molecule has 0 aliphatic heterocycles. The molecule has 0 radical (unpaired) electrons. The number of hydrogen-bond donors (Lipinski definition) is 3. The Hall–Kier alpha value is -4.14. The standard InChI is InChI=1S/C22H18F2N2O5/c23-9-10-25-21(27)14-1-5-17(6-2-14)30-19-11-16(26-22(28)29)12-20(13-19)31-18-7-3-15(24)4-8-18/h1-8,11-13,26H,9-10H2,(H,25,27)(H,28,29). The molecular weight excluding hydrogens is 410 g/mol. The third-order valence-corrected chi connectivity index (χ3v) is 3.91. The van der Waals surface area contributed by atoms with Crippen LogP contribution >= 0.6 is 0 Å². The minimum Gasteiger partial charge on any atom is -0.465 e. The summed E-state index contributed by atoms with van der Waals surface area (Å²) >= 11 is 0. The number of carbonyl (C=O) groups is 2. The highest BCUT2D eigenvalue weighted by Crippen LogP contribution is 2.32. The highest BCUT2D eigenvalue weighted by molar-refractivity contribution is 5.94. The van der Waals surface area contributed by atoms with Gasteiger partial charge in [0.05, 0.1) is 5.69 Å². The largest absolute Gasteiger partial charge is 0.465 e. The van der Waals surface area contributed by atoms with Crippen molar-refractivity contribution < 1.29 is 33.0 Å². The Morgan fingerprint density at radius 2 is 1.39 bits per heavy atom. The number of amides is 2. The highest BCUT2D eigenvalue weighted by Gasteiger charge is 2.09. The van der Waals surface area contributed by atoms with Crippen LogP contribution in [0.2, 0.25) is 0 Å². The van der Waals surface area contributed by atoms with Gasteiger partial charge in [-0.25, -0.2) is 13.6 Å². The molecule has 0 aromatic heterocycles. The van der Waals surface area contributed by atoms with Gasteiger partial charge in [-0.1, -0.05) is 0 Å². The van der Waals surface area contributed by atoms with Crippen LogP contribution in [0, 0.1) is 5.82 Å². The van der Waals surface area contributed by atoms with Crippen LogP contribution in [0.25, 0.3) is 0 Å². The van der Waals surface area contributed by atoms with Crippen LogP contribution < -0.4 is 20.1 Å². The molecule has 0 aliphatic rings. The Bertz CT molecular complexity index is 1060. The summed E-state index contributed by atoms with van der Waals surface area (Å²) in [5.74, 6) is 0.421. The number of alkyl halides is 1. The fourth-order valence-corrected chi connectivity index (χ4v) is 2.60. The molecule has 0 saturated heterocycles. The average Bonchev–Trinajstić information content (AvgIpc) is 2.73. The topological polar surface area (TPSA) is 96.9 Å². The van der Waals surface area contributed by atoms with Crippen LogP contribution in [-0.2, 0) is 0 Å². The molecule has 0 heterocycles. The van der Waals surface area contributed by atoms with Crippen LogP contribution in [-0.4, -0.2) is 30.3 Å². The molecule has 160 valence electrons. The molecule has 0 aliphatic carbocycles. The maximum Gasteiger partial charge on any atom is 0.409 e. The van der Waals surface area contributed by atoms with Crippen molar-refractivity contribution in [3.8, 4) is 23.0 Å². The van der Waals surface area contributed by atoms with E-state index < -0.39 is 24.5 Å². The normalized spacial score (nSPS) is 10.3. The quantitative estimate of drug-likeness (QED) is 0.458. The van der Waals surface area contributed by atoms with Crippen LogP contribution in [0.15, 0.2) is 66.7 Å². The van der Waals surface area contributed by atoms with Crippen molar-refractivity contribution in [1.29, 1.82) is 0 Å². The molecular formula is C22H18F2N2O5. The van der Waals surface area contributed by atoms with Gasteiger partial charge in [-0.2, -0.15) is 0 Å². The number of anilines is 1. The lowest BCUT2D eigenvalue weighted by Gasteiger charge is -2.12. The molecule has 0 bridgehead atoms. The molecule has 2 amide bonds. The Morgan fingerprint density at radius 3 is 1.90 bits per heavy atom. The summed E-state index contributed by atoms with van der Waals surface area (Å²) in [6.45, 7) is -0.729. The first kappa shape index (κ1) is 21.6. The fraction of sp³-hybridized carbons (Fsp3) is 0.0909. The van der Waals surface area contributed by atoms with Crippen LogP contribution in [0.1, 0.15) is 10.4 Å².